The largest absolute Gasteiger partial charge is 0.490 e. The number of nitro groups is 1. The molecular formula is C12H13BrN2O6. The van der Waals surface area contributed by atoms with Gasteiger partial charge in [0.1, 0.15) is 4.83 Å². The van der Waals surface area contributed by atoms with Crippen molar-refractivity contribution in [3.8, 4) is 5.75 Å². The number of nitrogens with zero attached hydrogens (tertiary/aromatic N) is 1. The van der Waals surface area contributed by atoms with Crippen LogP contribution in [0.1, 0.15) is 10.4 Å². The van der Waals surface area contributed by atoms with E-state index in [0.29, 0.717) is 0 Å². The van der Waals surface area contributed by atoms with Crippen molar-refractivity contribution < 1.29 is 24.0 Å². The molecule has 0 aliphatic heterocycles. The van der Waals surface area contributed by atoms with Crippen molar-refractivity contribution in [2.75, 3.05) is 20.8 Å². The maximum Gasteiger partial charge on any atom is 0.321 e. The van der Waals surface area contributed by atoms with Gasteiger partial charge in [-0.05, 0) is 6.07 Å². The third-order valence-electron chi connectivity index (χ3n) is 2.54. The molecule has 0 radical (unpaired) electrons. The van der Waals surface area contributed by atoms with E-state index in [4.69, 9.17) is 4.74 Å². The van der Waals surface area contributed by atoms with E-state index in [1.165, 1.54) is 32.4 Å². The van der Waals surface area contributed by atoms with E-state index in [-0.39, 0.29) is 23.5 Å². The van der Waals surface area contributed by atoms with Crippen LogP contribution in [0.2, 0.25) is 0 Å². The van der Waals surface area contributed by atoms with Crippen molar-refractivity contribution in [2.24, 2.45) is 0 Å². The Hall–Kier alpha value is -2.16. The Kier molecular flexibility index (Phi) is 6.10. The van der Waals surface area contributed by atoms with Crippen LogP contribution >= 0.6 is 15.9 Å². The minimum atomic E-state index is -0.712. The van der Waals surface area contributed by atoms with E-state index in [1.807, 2.05) is 0 Å². The van der Waals surface area contributed by atoms with Gasteiger partial charge < -0.3 is 14.8 Å². The van der Waals surface area contributed by atoms with Crippen LogP contribution in [-0.4, -0.2) is 42.4 Å². The normalized spacial score (nSPS) is 11.4. The number of esters is 1. The maximum absolute atomic E-state index is 12.0. The first-order chi connectivity index (χ1) is 9.92. The number of hydrogen-bond donors (Lipinski definition) is 1. The number of nitro benzene ring substituents is 1. The fraction of sp³-hybridized carbons (Fsp3) is 0.333. The molecule has 0 aliphatic carbocycles. The quantitative estimate of drug-likeness (QED) is 0.354. The van der Waals surface area contributed by atoms with Gasteiger partial charge in [0.15, 0.2) is 0 Å². The van der Waals surface area contributed by atoms with E-state index < -0.39 is 21.6 Å². The van der Waals surface area contributed by atoms with E-state index in [9.17, 15) is 19.7 Å². The zero-order chi connectivity index (χ0) is 16.0. The second kappa shape index (κ2) is 7.58. The average molecular weight is 361 g/mol. The number of methoxy groups -OCH3 is 2. The highest BCUT2D eigenvalue weighted by molar-refractivity contribution is 9.10. The SMILES string of the molecule is COC(=O)C(Br)CNC(=O)c1cccc([N+](=O)[O-])c1OC. The lowest BCUT2D eigenvalue weighted by Crippen LogP contribution is -2.34. The predicted molar refractivity (Wildman–Crippen MR) is 76.7 cm³/mol. The number of ether oxygens (including phenoxy) is 2. The number of rotatable bonds is 6. The number of halogens is 1. The van der Waals surface area contributed by atoms with Crippen LogP contribution < -0.4 is 10.1 Å². The molecule has 1 unspecified atom stereocenters. The lowest BCUT2D eigenvalue weighted by Gasteiger charge is -2.11. The Labute approximate surface area is 128 Å². The summed E-state index contributed by atoms with van der Waals surface area (Å²) in [5.41, 5.74) is -0.301. The standard InChI is InChI=1S/C12H13BrN2O6/c1-20-10-7(4-3-5-9(10)15(18)19)11(16)14-6-8(13)12(17)21-2/h3-5,8H,6H2,1-2H3,(H,14,16). The molecule has 0 aromatic heterocycles. The van der Waals surface area contributed by atoms with E-state index in [1.54, 1.807) is 0 Å². The number of carbonyl (C=O) groups excluding carboxylic acids is 2. The molecule has 9 heteroatoms. The molecule has 114 valence electrons. The third kappa shape index (κ3) is 4.15. The van der Waals surface area contributed by atoms with Crippen LogP contribution in [0.5, 0.6) is 5.75 Å². The van der Waals surface area contributed by atoms with Crippen molar-refractivity contribution in [3.05, 3.63) is 33.9 Å². The van der Waals surface area contributed by atoms with Crippen molar-refractivity contribution in [3.63, 3.8) is 0 Å². The monoisotopic (exact) mass is 360 g/mol. The van der Waals surface area contributed by atoms with E-state index in [0.717, 1.165) is 0 Å². The molecule has 1 aromatic carbocycles. The summed E-state index contributed by atoms with van der Waals surface area (Å²) >= 11 is 3.05. The molecule has 8 nitrogen and oxygen atoms in total. The highest BCUT2D eigenvalue weighted by Gasteiger charge is 2.23. The Bertz CT molecular complexity index is 563. The smallest absolute Gasteiger partial charge is 0.321 e. The first-order valence-corrected chi connectivity index (χ1v) is 6.65. The van der Waals surface area contributed by atoms with Gasteiger partial charge in [-0.25, -0.2) is 0 Å². The summed E-state index contributed by atoms with van der Waals surface area (Å²) < 4.78 is 9.42. The molecule has 1 rings (SSSR count). The number of amides is 1. The maximum atomic E-state index is 12.0. The zero-order valence-corrected chi connectivity index (χ0v) is 12.9. The Morgan fingerprint density at radius 2 is 2.10 bits per heavy atom. The first kappa shape index (κ1) is 16.9. The second-order valence-electron chi connectivity index (χ2n) is 3.82. The summed E-state index contributed by atoms with van der Waals surface area (Å²) in [6.07, 6.45) is 0. The molecule has 0 heterocycles. The number of para-hydroxylation sites is 1. The van der Waals surface area contributed by atoms with Gasteiger partial charge in [-0.3, -0.25) is 19.7 Å². The molecule has 0 spiro atoms. The Balaban J connectivity index is 2.90. The molecule has 1 aromatic rings. The molecule has 0 aliphatic rings. The predicted octanol–water partition coefficient (Wildman–Crippen LogP) is 1.27. The van der Waals surface area contributed by atoms with Crippen LogP contribution in [0.25, 0.3) is 0 Å². The van der Waals surface area contributed by atoms with Crippen LogP contribution in [0.4, 0.5) is 5.69 Å². The minimum Gasteiger partial charge on any atom is -0.490 e. The summed E-state index contributed by atoms with van der Waals surface area (Å²) in [4.78, 5) is 32.7. The summed E-state index contributed by atoms with van der Waals surface area (Å²) in [6.45, 7) is -0.0304. The summed E-state index contributed by atoms with van der Waals surface area (Å²) in [5.74, 6) is -1.27. The van der Waals surface area contributed by atoms with Crippen LogP contribution in [-0.2, 0) is 9.53 Å². The van der Waals surface area contributed by atoms with Crippen LogP contribution in [0.3, 0.4) is 0 Å². The van der Waals surface area contributed by atoms with Gasteiger partial charge in [-0.15, -0.1) is 0 Å². The van der Waals surface area contributed by atoms with Crippen LogP contribution in [0.15, 0.2) is 18.2 Å². The molecule has 21 heavy (non-hydrogen) atoms. The molecule has 1 N–H and O–H groups in total. The zero-order valence-electron chi connectivity index (χ0n) is 11.3. The molecular weight excluding hydrogens is 348 g/mol. The van der Waals surface area contributed by atoms with Crippen molar-refractivity contribution in [1.29, 1.82) is 0 Å². The molecule has 0 fully saturated rings. The fourth-order valence-electron chi connectivity index (χ4n) is 1.55. The summed E-state index contributed by atoms with van der Waals surface area (Å²) in [6, 6.07) is 4.00. The van der Waals surface area contributed by atoms with Crippen molar-refractivity contribution >= 4 is 33.5 Å². The molecule has 1 atom stereocenters. The van der Waals surface area contributed by atoms with Gasteiger partial charge in [0.25, 0.3) is 5.91 Å². The third-order valence-corrected chi connectivity index (χ3v) is 3.24. The minimum absolute atomic E-state index is 0.0104. The van der Waals surface area contributed by atoms with Gasteiger partial charge in [0.05, 0.1) is 24.7 Å². The summed E-state index contributed by atoms with van der Waals surface area (Å²) in [7, 11) is 2.46. The van der Waals surface area contributed by atoms with Crippen molar-refractivity contribution in [1.82, 2.24) is 5.32 Å². The lowest BCUT2D eigenvalue weighted by molar-refractivity contribution is -0.385. The Morgan fingerprint density at radius 3 is 2.62 bits per heavy atom. The number of alkyl halides is 1. The number of benzene rings is 1. The van der Waals surface area contributed by atoms with E-state index >= 15 is 0 Å². The topological polar surface area (TPSA) is 108 Å². The number of nitrogens with one attached hydrogen (secondary N) is 1. The molecule has 0 saturated heterocycles. The fourth-order valence-corrected chi connectivity index (χ4v) is 1.90. The second-order valence-corrected chi connectivity index (χ2v) is 4.92. The van der Waals surface area contributed by atoms with Gasteiger partial charge in [-0.1, -0.05) is 22.0 Å². The van der Waals surface area contributed by atoms with Gasteiger partial charge in [-0.2, -0.15) is 0 Å². The highest BCUT2D eigenvalue weighted by Crippen LogP contribution is 2.30. The summed E-state index contributed by atoms with van der Waals surface area (Å²) in [5, 5.41) is 13.3. The van der Waals surface area contributed by atoms with Gasteiger partial charge in [0, 0.05) is 12.6 Å². The van der Waals surface area contributed by atoms with Gasteiger partial charge >= 0.3 is 11.7 Å². The molecule has 1 amide bonds. The highest BCUT2D eigenvalue weighted by atomic mass is 79.9. The first-order valence-electron chi connectivity index (χ1n) is 5.73. The van der Waals surface area contributed by atoms with E-state index in [2.05, 4.69) is 26.0 Å². The van der Waals surface area contributed by atoms with Gasteiger partial charge in [0.2, 0.25) is 5.75 Å². The molecule has 0 saturated carbocycles. The van der Waals surface area contributed by atoms with Crippen molar-refractivity contribution in [2.45, 2.75) is 4.83 Å². The number of carbonyl (C=O) groups is 2. The number of hydrogen-bond acceptors (Lipinski definition) is 6. The molecule has 0 bridgehead atoms. The Morgan fingerprint density at radius 1 is 1.43 bits per heavy atom. The average Bonchev–Trinajstić information content (AvgIpc) is 2.50. The van der Waals surface area contributed by atoms with Crippen LogP contribution in [0, 0.1) is 10.1 Å². The lowest BCUT2D eigenvalue weighted by atomic mass is 10.1.